The zero-order valence-electron chi connectivity index (χ0n) is 9.20. The first kappa shape index (κ1) is 11.9. The molecule has 1 heterocycles. The fraction of sp³-hybridized carbons (Fsp3) is 0.818. The Labute approximate surface area is 90.6 Å². The minimum absolute atomic E-state index is 0.652. The lowest BCUT2D eigenvalue weighted by Gasteiger charge is -2.19. The normalized spacial score (nSPS) is 27.5. The Morgan fingerprint density at radius 2 is 2.27 bits per heavy atom. The predicted molar refractivity (Wildman–Crippen MR) is 57.0 cm³/mol. The van der Waals surface area contributed by atoms with E-state index in [2.05, 4.69) is 22.9 Å². The van der Waals surface area contributed by atoms with Crippen LogP contribution < -0.4 is 0 Å². The SMILES string of the molecule is CCCN1CCCC(C#N)(N=C=O)CC1. The molecule has 82 valence electrons. The van der Waals surface area contributed by atoms with Crippen LogP contribution in [0.3, 0.4) is 0 Å². The zero-order chi connectivity index (χ0) is 11.1. The first-order chi connectivity index (χ1) is 7.26. The van der Waals surface area contributed by atoms with Gasteiger partial charge in [-0.05, 0) is 38.8 Å². The summed E-state index contributed by atoms with van der Waals surface area (Å²) in [5, 5.41) is 9.07. The summed E-state index contributed by atoms with van der Waals surface area (Å²) in [7, 11) is 0. The van der Waals surface area contributed by atoms with Gasteiger partial charge in [-0.15, -0.1) is 0 Å². The molecule has 0 N–H and O–H groups in total. The monoisotopic (exact) mass is 207 g/mol. The van der Waals surface area contributed by atoms with Gasteiger partial charge >= 0.3 is 0 Å². The Kier molecular flexibility index (Phi) is 4.48. The molecular weight excluding hydrogens is 190 g/mol. The number of hydrogen-bond donors (Lipinski definition) is 0. The maximum atomic E-state index is 10.3. The average molecular weight is 207 g/mol. The fourth-order valence-electron chi connectivity index (χ4n) is 2.05. The number of nitrogens with zero attached hydrogens (tertiary/aromatic N) is 3. The minimum Gasteiger partial charge on any atom is -0.303 e. The summed E-state index contributed by atoms with van der Waals surface area (Å²) in [6.45, 7) is 5.07. The van der Waals surface area contributed by atoms with E-state index >= 15 is 0 Å². The van der Waals surface area contributed by atoms with E-state index in [0.29, 0.717) is 12.8 Å². The van der Waals surface area contributed by atoms with Crippen molar-refractivity contribution < 1.29 is 4.79 Å². The highest BCUT2D eigenvalue weighted by molar-refractivity contribution is 5.37. The molecule has 0 saturated carbocycles. The van der Waals surface area contributed by atoms with Gasteiger partial charge in [0.1, 0.15) is 0 Å². The van der Waals surface area contributed by atoms with Crippen molar-refractivity contribution in [2.75, 3.05) is 19.6 Å². The third-order valence-corrected chi connectivity index (χ3v) is 2.91. The molecule has 1 aliphatic heterocycles. The quantitative estimate of drug-likeness (QED) is 0.520. The van der Waals surface area contributed by atoms with Crippen LogP contribution in [0.25, 0.3) is 0 Å². The van der Waals surface area contributed by atoms with Crippen molar-refractivity contribution in [3.05, 3.63) is 0 Å². The van der Waals surface area contributed by atoms with Crippen LogP contribution in [0, 0.1) is 11.3 Å². The van der Waals surface area contributed by atoms with E-state index in [1.54, 1.807) is 0 Å². The Hall–Kier alpha value is -1.17. The largest absolute Gasteiger partial charge is 0.303 e. The van der Waals surface area contributed by atoms with Crippen LogP contribution in [0.4, 0.5) is 0 Å². The molecule has 0 amide bonds. The molecule has 0 spiro atoms. The third kappa shape index (κ3) is 3.16. The van der Waals surface area contributed by atoms with E-state index in [1.807, 2.05) is 0 Å². The Balaban J connectivity index is 2.65. The summed E-state index contributed by atoms with van der Waals surface area (Å²) in [4.78, 5) is 16.3. The summed E-state index contributed by atoms with van der Waals surface area (Å²) in [6.07, 6.45) is 4.92. The molecular formula is C11H17N3O. The van der Waals surface area contributed by atoms with Gasteiger partial charge in [-0.2, -0.15) is 10.3 Å². The molecule has 0 aromatic rings. The highest BCUT2D eigenvalue weighted by Gasteiger charge is 2.32. The molecule has 1 unspecified atom stereocenters. The van der Waals surface area contributed by atoms with Gasteiger partial charge in [0, 0.05) is 6.54 Å². The van der Waals surface area contributed by atoms with Gasteiger partial charge in [0.2, 0.25) is 6.08 Å². The van der Waals surface area contributed by atoms with Gasteiger partial charge in [-0.3, -0.25) is 0 Å². The van der Waals surface area contributed by atoms with E-state index in [-0.39, 0.29) is 0 Å². The van der Waals surface area contributed by atoms with E-state index in [9.17, 15) is 4.79 Å². The van der Waals surface area contributed by atoms with Gasteiger partial charge in [0.15, 0.2) is 5.54 Å². The molecule has 0 bridgehead atoms. The summed E-state index contributed by atoms with van der Waals surface area (Å²) >= 11 is 0. The Morgan fingerprint density at radius 1 is 1.47 bits per heavy atom. The van der Waals surface area contributed by atoms with Gasteiger partial charge in [0.05, 0.1) is 6.07 Å². The van der Waals surface area contributed by atoms with Gasteiger partial charge < -0.3 is 4.90 Å². The van der Waals surface area contributed by atoms with Crippen LogP contribution >= 0.6 is 0 Å². The van der Waals surface area contributed by atoms with Crippen LogP contribution in [-0.2, 0) is 4.79 Å². The minimum atomic E-state index is -0.801. The average Bonchev–Trinajstić information content (AvgIpc) is 2.44. The molecule has 0 aromatic heterocycles. The number of likely N-dealkylation sites (tertiary alicyclic amines) is 1. The lowest BCUT2D eigenvalue weighted by atomic mass is 9.93. The van der Waals surface area contributed by atoms with Crippen LogP contribution in [-0.4, -0.2) is 36.2 Å². The molecule has 4 nitrogen and oxygen atoms in total. The van der Waals surface area contributed by atoms with Gasteiger partial charge in [-0.25, -0.2) is 4.79 Å². The second-order valence-electron chi connectivity index (χ2n) is 4.04. The second kappa shape index (κ2) is 5.65. The number of carbonyl (C=O) groups excluding carboxylic acids is 1. The Bertz CT molecular complexity index is 291. The lowest BCUT2D eigenvalue weighted by Crippen LogP contribution is -2.29. The maximum absolute atomic E-state index is 10.3. The highest BCUT2D eigenvalue weighted by Crippen LogP contribution is 2.25. The van der Waals surface area contributed by atoms with E-state index in [0.717, 1.165) is 32.5 Å². The van der Waals surface area contributed by atoms with Crippen molar-refractivity contribution in [1.29, 1.82) is 5.26 Å². The molecule has 1 aliphatic rings. The van der Waals surface area contributed by atoms with Crippen molar-refractivity contribution in [1.82, 2.24) is 4.90 Å². The summed E-state index contributed by atoms with van der Waals surface area (Å²) < 4.78 is 0. The highest BCUT2D eigenvalue weighted by atomic mass is 16.1. The molecule has 4 heteroatoms. The van der Waals surface area contributed by atoms with Crippen LogP contribution in [0.5, 0.6) is 0 Å². The van der Waals surface area contributed by atoms with Crippen LogP contribution in [0.1, 0.15) is 32.6 Å². The molecule has 1 rings (SSSR count). The van der Waals surface area contributed by atoms with Crippen molar-refractivity contribution in [2.45, 2.75) is 38.1 Å². The topological polar surface area (TPSA) is 56.5 Å². The predicted octanol–water partition coefficient (Wildman–Crippen LogP) is 1.48. The van der Waals surface area contributed by atoms with Gasteiger partial charge in [0.25, 0.3) is 0 Å². The maximum Gasteiger partial charge on any atom is 0.236 e. The molecule has 15 heavy (non-hydrogen) atoms. The van der Waals surface area contributed by atoms with Gasteiger partial charge in [-0.1, -0.05) is 6.92 Å². The van der Waals surface area contributed by atoms with Crippen LogP contribution in [0.15, 0.2) is 4.99 Å². The molecule has 0 radical (unpaired) electrons. The number of rotatable bonds is 3. The zero-order valence-corrected chi connectivity index (χ0v) is 9.20. The fourth-order valence-corrected chi connectivity index (χ4v) is 2.05. The molecule has 1 saturated heterocycles. The molecule has 0 aromatic carbocycles. The summed E-state index contributed by atoms with van der Waals surface area (Å²) in [6, 6.07) is 2.17. The number of nitriles is 1. The summed E-state index contributed by atoms with van der Waals surface area (Å²) in [5.74, 6) is 0. The van der Waals surface area contributed by atoms with Crippen molar-refractivity contribution in [3.63, 3.8) is 0 Å². The Morgan fingerprint density at radius 3 is 2.87 bits per heavy atom. The number of isocyanates is 1. The van der Waals surface area contributed by atoms with Crippen LogP contribution in [0.2, 0.25) is 0 Å². The molecule has 1 atom stereocenters. The molecule has 1 fully saturated rings. The first-order valence-electron chi connectivity index (χ1n) is 5.49. The standard InChI is InChI=1S/C11H17N3O/c1-2-6-14-7-3-4-11(9-12,5-8-14)13-10-15/h2-8H2,1H3. The van der Waals surface area contributed by atoms with Crippen molar-refractivity contribution >= 4 is 6.08 Å². The lowest BCUT2D eigenvalue weighted by molar-refractivity contribution is 0.282. The third-order valence-electron chi connectivity index (χ3n) is 2.91. The molecule has 0 aliphatic carbocycles. The van der Waals surface area contributed by atoms with E-state index in [1.165, 1.54) is 6.08 Å². The second-order valence-corrected chi connectivity index (χ2v) is 4.04. The van der Waals surface area contributed by atoms with E-state index in [4.69, 9.17) is 5.26 Å². The number of hydrogen-bond acceptors (Lipinski definition) is 4. The summed E-state index contributed by atoms with van der Waals surface area (Å²) in [5.41, 5.74) is -0.801. The smallest absolute Gasteiger partial charge is 0.236 e. The van der Waals surface area contributed by atoms with E-state index < -0.39 is 5.54 Å². The number of aliphatic imine (C=N–C) groups is 1. The first-order valence-corrected chi connectivity index (χ1v) is 5.49. The van der Waals surface area contributed by atoms with Crippen molar-refractivity contribution in [2.24, 2.45) is 4.99 Å². The van der Waals surface area contributed by atoms with Crippen molar-refractivity contribution in [3.8, 4) is 6.07 Å².